The fourth-order valence-corrected chi connectivity index (χ4v) is 7.44. The maximum atomic E-state index is 13.6. The smallest absolute Gasteiger partial charge is 0.287 e. The van der Waals surface area contributed by atoms with E-state index >= 15 is 0 Å². The molecule has 5 atom stereocenters. The van der Waals surface area contributed by atoms with Crippen molar-refractivity contribution in [1.82, 2.24) is 30.5 Å². The number of aromatic nitrogens is 3. The highest BCUT2D eigenvalue weighted by atomic mass is 16.2. The lowest BCUT2D eigenvalue weighted by molar-refractivity contribution is -0.138. The van der Waals surface area contributed by atoms with Crippen molar-refractivity contribution in [1.29, 1.82) is 0 Å². The van der Waals surface area contributed by atoms with Crippen molar-refractivity contribution in [3.05, 3.63) is 65.0 Å². The number of pyridine rings is 3. The van der Waals surface area contributed by atoms with Crippen LogP contribution in [0.25, 0.3) is 10.9 Å². The molecular weight excluding hydrogens is 638 g/mol. The number of hydrogen-bond acceptors (Lipinski definition) is 8. The summed E-state index contributed by atoms with van der Waals surface area (Å²) < 4.78 is 1.25. The molecule has 2 saturated carbocycles. The average molecular weight is 686 g/mol. The number of anilines is 1. The molecule has 2 bridgehead atoms. The molecule has 50 heavy (non-hydrogen) atoms. The Morgan fingerprint density at radius 3 is 2.68 bits per heavy atom. The minimum Gasteiger partial charge on any atom is -0.351 e. The second kappa shape index (κ2) is 17.1. The predicted octanol–water partition coefficient (Wildman–Crippen LogP) is 3.52. The lowest BCUT2D eigenvalue weighted by Crippen LogP contribution is -2.51. The molecule has 4 N–H and O–H groups in total. The number of Topliss-reactive ketones (excluding diaryl/α,β-unsaturated/α-hetero) is 1. The zero-order valence-electron chi connectivity index (χ0n) is 28.8. The molecule has 5 rings (SSSR count). The maximum Gasteiger partial charge on any atom is 0.287 e. The first-order valence-electron chi connectivity index (χ1n) is 17.8. The third kappa shape index (κ3) is 9.19. The second-order valence-electron chi connectivity index (χ2n) is 13.5. The molecule has 2 aliphatic rings. The van der Waals surface area contributed by atoms with E-state index < -0.39 is 35.1 Å². The monoisotopic (exact) mass is 685 g/mol. The van der Waals surface area contributed by atoms with Crippen LogP contribution in [0.4, 0.5) is 5.69 Å². The van der Waals surface area contributed by atoms with E-state index in [0.717, 1.165) is 49.8 Å². The molecule has 3 aromatic rings. The van der Waals surface area contributed by atoms with Crippen LogP contribution in [0.5, 0.6) is 0 Å². The summed E-state index contributed by atoms with van der Waals surface area (Å²) in [6.07, 6.45) is 13.2. The highest BCUT2D eigenvalue weighted by Crippen LogP contribution is 2.44. The molecule has 0 aromatic carbocycles. The molecule has 0 spiro atoms. The standard InChI is InChI=1S/C37H47N7O6/c1-3-5-9-24-19-23-8-6-10-25(20-23)33(24)43-32(46)22-44-18-7-11-30(37(44)50)42-35(48)29(14-15-31(45)36(49)39-4-2)41-34(47)28-13-12-26-21-38-17-16-27(26)40-28/h7,11-13,16-18,21,23-25,29,33H,3-6,8-10,14-15,19-20,22H2,1-2H3,(H,39,49)(H,41,47)(H,42,48)(H,43,46)/t23?,24?,25?,29-,33?/m0/s1. The van der Waals surface area contributed by atoms with Gasteiger partial charge in [-0.15, -0.1) is 0 Å². The molecule has 13 nitrogen and oxygen atoms in total. The van der Waals surface area contributed by atoms with Crippen LogP contribution in [0, 0.1) is 17.8 Å². The van der Waals surface area contributed by atoms with Crippen LogP contribution >= 0.6 is 0 Å². The molecular formula is C37H47N7O6. The summed E-state index contributed by atoms with van der Waals surface area (Å²) in [4.78, 5) is 86.5. The van der Waals surface area contributed by atoms with Crippen molar-refractivity contribution in [3.8, 4) is 0 Å². The summed E-state index contributed by atoms with van der Waals surface area (Å²) >= 11 is 0. The second-order valence-corrected chi connectivity index (χ2v) is 13.5. The number of ketones is 1. The number of hydrogen-bond donors (Lipinski definition) is 4. The van der Waals surface area contributed by atoms with Gasteiger partial charge in [0.1, 0.15) is 24.0 Å². The number of carbonyl (C=O) groups excluding carboxylic acids is 5. The van der Waals surface area contributed by atoms with Crippen LogP contribution in [0.1, 0.15) is 88.5 Å². The first kappa shape index (κ1) is 36.3. The van der Waals surface area contributed by atoms with Gasteiger partial charge < -0.3 is 25.8 Å². The average Bonchev–Trinajstić information content (AvgIpc) is 3.11. The molecule has 4 unspecified atom stereocenters. The van der Waals surface area contributed by atoms with E-state index in [2.05, 4.69) is 38.2 Å². The summed E-state index contributed by atoms with van der Waals surface area (Å²) in [5, 5.41) is 11.6. The van der Waals surface area contributed by atoms with Gasteiger partial charge in [-0.25, -0.2) is 4.98 Å². The fourth-order valence-electron chi connectivity index (χ4n) is 7.44. The van der Waals surface area contributed by atoms with Crippen molar-refractivity contribution in [2.75, 3.05) is 11.9 Å². The lowest BCUT2D eigenvalue weighted by Gasteiger charge is -2.45. The molecule has 13 heteroatoms. The molecule has 0 radical (unpaired) electrons. The van der Waals surface area contributed by atoms with Gasteiger partial charge in [-0.1, -0.05) is 32.6 Å². The van der Waals surface area contributed by atoms with Gasteiger partial charge in [-0.2, -0.15) is 0 Å². The molecule has 3 heterocycles. The Balaban J connectivity index is 1.28. The van der Waals surface area contributed by atoms with Crippen LogP contribution in [0.15, 0.2) is 53.7 Å². The minimum absolute atomic E-state index is 0.0308. The number of nitrogens with one attached hydrogen (secondary N) is 4. The van der Waals surface area contributed by atoms with Gasteiger partial charge in [0.05, 0.1) is 5.52 Å². The Morgan fingerprint density at radius 2 is 1.88 bits per heavy atom. The van der Waals surface area contributed by atoms with E-state index in [-0.39, 0.29) is 49.3 Å². The largest absolute Gasteiger partial charge is 0.351 e. The van der Waals surface area contributed by atoms with Gasteiger partial charge in [-0.05, 0) is 87.1 Å². The summed E-state index contributed by atoms with van der Waals surface area (Å²) in [7, 11) is 0. The van der Waals surface area contributed by atoms with Crippen LogP contribution in [0.2, 0.25) is 0 Å². The fraction of sp³-hybridized carbons (Fsp3) is 0.514. The van der Waals surface area contributed by atoms with E-state index in [9.17, 15) is 28.8 Å². The van der Waals surface area contributed by atoms with Crippen molar-refractivity contribution in [2.45, 2.75) is 96.7 Å². The number of amides is 4. The SMILES string of the molecule is CCCCC1CC2CCCC(C2)C1NC(=O)Cn1cccc(NC(=O)[C@H](CCC(=O)C(=O)NCC)NC(=O)c2ccc3cnccc3n2)c1=O. The van der Waals surface area contributed by atoms with E-state index in [1.54, 1.807) is 37.5 Å². The zero-order valence-corrected chi connectivity index (χ0v) is 28.8. The molecule has 0 aliphatic heterocycles. The Bertz CT molecular complexity index is 1770. The number of carbonyl (C=O) groups is 5. The number of unbranched alkanes of at least 4 members (excludes halogenated alkanes) is 1. The molecule has 266 valence electrons. The van der Waals surface area contributed by atoms with Crippen LogP contribution < -0.4 is 26.8 Å². The van der Waals surface area contributed by atoms with Crippen LogP contribution in [-0.4, -0.2) is 62.6 Å². The van der Waals surface area contributed by atoms with Crippen molar-refractivity contribution in [3.63, 3.8) is 0 Å². The highest BCUT2D eigenvalue weighted by molar-refractivity contribution is 6.36. The van der Waals surface area contributed by atoms with Gasteiger partial charge in [0, 0.05) is 43.0 Å². The summed E-state index contributed by atoms with van der Waals surface area (Å²) in [5.74, 6) is -1.63. The lowest BCUT2D eigenvalue weighted by atomic mass is 9.64. The molecule has 2 fully saturated rings. The van der Waals surface area contributed by atoms with E-state index in [1.165, 1.54) is 35.7 Å². The topological polar surface area (TPSA) is 181 Å². The molecule has 4 amide bonds. The molecule has 0 saturated heterocycles. The van der Waals surface area contributed by atoms with Crippen molar-refractivity contribution in [2.24, 2.45) is 17.8 Å². The van der Waals surface area contributed by atoms with Crippen molar-refractivity contribution < 1.29 is 24.0 Å². The third-order valence-corrected chi connectivity index (χ3v) is 9.92. The number of rotatable bonds is 15. The Hall–Kier alpha value is -4.94. The zero-order chi connectivity index (χ0) is 35.6. The highest BCUT2D eigenvalue weighted by Gasteiger charge is 2.40. The summed E-state index contributed by atoms with van der Waals surface area (Å²) in [5.41, 5.74) is -0.127. The Labute approximate surface area is 291 Å². The Morgan fingerprint density at radius 1 is 1.04 bits per heavy atom. The number of likely N-dealkylation sites (N-methyl/N-ethyl adjacent to an activating group) is 1. The first-order chi connectivity index (χ1) is 24.2. The Kier molecular flexibility index (Phi) is 12.5. The maximum absolute atomic E-state index is 13.6. The van der Waals surface area contributed by atoms with E-state index in [1.807, 2.05) is 0 Å². The first-order valence-corrected chi connectivity index (χ1v) is 17.8. The molecule has 2 aliphatic carbocycles. The number of fused-ring (bicyclic) bond motifs is 3. The summed E-state index contributed by atoms with van der Waals surface area (Å²) in [6, 6.07) is 6.57. The van der Waals surface area contributed by atoms with Gasteiger partial charge in [-0.3, -0.25) is 33.8 Å². The van der Waals surface area contributed by atoms with Gasteiger partial charge in [0.25, 0.3) is 17.4 Å². The normalized spacial score (nSPS) is 20.4. The van der Waals surface area contributed by atoms with Crippen LogP contribution in [-0.2, 0) is 25.7 Å². The predicted molar refractivity (Wildman–Crippen MR) is 188 cm³/mol. The number of nitrogens with zero attached hydrogens (tertiary/aromatic N) is 3. The van der Waals surface area contributed by atoms with E-state index in [0.29, 0.717) is 17.4 Å². The van der Waals surface area contributed by atoms with Gasteiger partial charge in [0.15, 0.2) is 0 Å². The molecule has 3 aromatic heterocycles. The quantitative estimate of drug-likeness (QED) is 0.175. The van der Waals surface area contributed by atoms with E-state index in [4.69, 9.17) is 0 Å². The van der Waals surface area contributed by atoms with Gasteiger partial charge >= 0.3 is 0 Å². The van der Waals surface area contributed by atoms with Crippen molar-refractivity contribution >= 4 is 46.0 Å². The third-order valence-electron chi connectivity index (χ3n) is 9.92. The van der Waals surface area contributed by atoms with Gasteiger partial charge in [0.2, 0.25) is 17.6 Å². The minimum atomic E-state index is -1.29. The summed E-state index contributed by atoms with van der Waals surface area (Å²) in [6.45, 7) is 3.90. The van der Waals surface area contributed by atoms with Crippen LogP contribution in [0.3, 0.4) is 0 Å².